The summed E-state index contributed by atoms with van der Waals surface area (Å²) in [6, 6.07) is 18.1. The van der Waals surface area contributed by atoms with Gasteiger partial charge in [0, 0.05) is 44.4 Å². The van der Waals surface area contributed by atoms with Gasteiger partial charge in [-0.3, -0.25) is 9.59 Å². The SMILES string of the molecule is CN1CCN(C(=O)C=Cc2ccc(N3CCCC3=O)cc2)C(c2ccccc2)C1. The topological polar surface area (TPSA) is 43.9 Å². The summed E-state index contributed by atoms with van der Waals surface area (Å²) in [4.78, 5) is 30.9. The molecule has 2 aromatic rings. The molecule has 2 aliphatic heterocycles. The Morgan fingerprint density at radius 3 is 2.45 bits per heavy atom. The smallest absolute Gasteiger partial charge is 0.247 e. The molecular weight excluding hydrogens is 362 g/mol. The number of benzene rings is 2. The lowest BCUT2D eigenvalue weighted by atomic mass is 10.0. The van der Waals surface area contributed by atoms with Crippen molar-refractivity contribution in [3.63, 3.8) is 0 Å². The summed E-state index contributed by atoms with van der Waals surface area (Å²) < 4.78 is 0. The predicted molar refractivity (Wildman–Crippen MR) is 115 cm³/mol. The maximum atomic E-state index is 12.9. The summed E-state index contributed by atoms with van der Waals surface area (Å²) in [7, 11) is 2.10. The van der Waals surface area contributed by atoms with E-state index in [9.17, 15) is 9.59 Å². The van der Waals surface area contributed by atoms with E-state index in [0.717, 1.165) is 43.9 Å². The molecule has 29 heavy (non-hydrogen) atoms. The Balaban J connectivity index is 1.46. The maximum Gasteiger partial charge on any atom is 0.247 e. The molecule has 4 rings (SSSR count). The molecule has 2 amide bonds. The van der Waals surface area contributed by atoms with Gasteiger partial charge in [-0.15, -0.1) is 0 Å². The van der Waals surface area contributed by atoms with Crippen LogP contribution < -0.4 is 4.90 Å². The van der Waals surface area contributed by atoms with Crippen molar-refractivity contribution in [1.29, 1.82) is 0 Å². The first kappa shape index (κ1) is 19.4. The molecule has 5 nitrogen and oxygen atoms in total. The quantitative estimate of drug-likeness (QED) is 0.754. The summed E-state index contributed by atoms with van der Waals surface area (Å²) in [6.07, 6.45) is 5.07. The molecule has 0 aromatic heterocycles. The van der Waals surface area contributed by atoms with Gasteiger partial charge >= 0.3 is 0 Å². The molecular formula is C24H27N3O2. The minimum Gasteiger partial charge on any atom is -0.330 e. The van der Waals surface area contributed by atoms with Crippen molar-refractivity contribution >= 4 is 23.6 Å². The Hall–Kier alpha value is -2.92. The molecule has 1 unspecified atom stereocenters. The standard InChI is InChI=1S/C24H27N3O2/c1-25-16-17-27(22(18-25)20-6-3-2-4-7-20)24(29)14-11-19-9-12-21(13-10-19)26-15-5-8-23(26)28/h2-4,6-7,9-14,22H,5,8,15-18H2,1H3. The van der Waals surface area contributed by atoms with E-state index in [1.54, 1.807) is 6.08 Å². The summed E-state index contributed by atoms with van der Waals surface area (Å²) in [6.45, 7) is 3.22. The van der Waals surface area contributed by atoms with Gasteiger partial charge in [-0.25, -0.2) is 0 Å². The first-order valence-corrected chi connectivity index (χ1v) is 10.2. The van der Waals surface area contributed by atoms with Crippen molar-refractivity contribution in [1.82, 2.24) is 9.80 Å². The molecule has 5 heteroatoms. The summed E-state index contributed by atoms with van der Waals surface area (Å²) in [5.74, 6) is 0.219. The van der Waals surface area contributed by atoms with E-state index >= 15 is 0 Å². The molecule has 2 heterocycles. The van der Waals surface area contributed by atoms with Crippen molar-refractivity contribution in [2.45, 2.75) is 18.9 Å². The van der Waals surface area contributed by atoms with Crippen molar-refractivity contribution in [2.24, 2.45) is 0 Å². The summed E-state index contributed by atoms with van der Waals surface area (Å²) in [5, 5.41) is 0. The fourth-order valence-corrected chi connectivity index (χ4v) is 4.09. The molecule has 0 radical (unpaired) electrons. The highest BCUT2D eigenvalue weighted by Gasteiger charge is 2.29. The molecule has 2 saturated heterocycles. The molecule has 0 N–H and O–H groups in total. The molecule has 2 aliphatic rings. The number of hydrogen-bond acceptors (Lipinski definition) is 3. The number of carbonyl (C=O) groups is 2. The van der Waals surface area contributed by atoms with E-state index in [1.807, 2.05) is 58.3 Å². The highest BCUT2D eigenvalue weighted by Crippen LogP contribution is 2.26. The van der Waals surface area contributed by atoms with Crippen LogP contribution in [0.1, 0.15) is 30.0 Å². The molecule has 0 saturated carbocycles. The van der Waals surface area contributed by atoms with Gasteiger partial charge in [0.15, 0.2) is 0 Å². The number of carbonyl (C=O) groups excluding carboxylic acids is 2. The van der Waals surface area contributed by atoms with Crippen LogP contribution in [0.5, 0.6) is 0 Å². The molecule has 0 spiro atoms. The number of hydrogen-bond donors (Lipinski definition) is 0. The Morgan fingerprint density at radius 1 is 1.00 bits per heavy atom. The zero-order chi connectivity index (χ0) is 20.2. The van der Waals surface area contributed by atoms with Crippen LogP contribution in [0.25, 0.3) is 6.08 Å². The third-order valence-electron chi connectivity index (χ3n) is 5.75. The van der Waals surface area contributed by atoms with Gasteiger partial charge in [0.2, 0.25) is 11.8 Å². The van der Waals surface area contributed by atoms with Crippen LogP contribution in [0.15, 0.2) is 60.7 Å². The lowest BCUT2D eigenvalue weighted by Crippen LogP contribution is -2.48. The normalized spacial score (nSPS) is 20.6. The van der Waals surface area contributed by atoms with Gasteiger partial charge in [-0.1, -0.05) is 42.5 Å². The van der Waals surface area contributed by atoms with Crippen molar-refractivity contribution < 1.29 is 9.59 Å². The number of nitrogens with zero attached hydrogens (tertiary/aromatic N) is 3. The van der Waals surface area contributed by atoms with E-state index in [-0.39, 0.29) is 17.9 Å². The van der Waals surface area contributed by atoms with E-state index in [1.165, 1.54) is 5.56 Å². The Kier molecular flexibility index (Phi) is 5.76. The summed E-state index contributed by atoms with van der Waals surface area (Å²) >= 11 is 0. The highest BCUT2D eigenvalue weighted by atomic mass is 16.2. The van der Waals surface area contributed by atoms with Gasteiger partial charge < -0.3 is 14.7 Å². The van der Waals surface area contributed by atoms with E-state index in [4.69, 9.17) is 0 Å². The molecule has 0 aliphatic carbocycles. The van der Waals surface area contributed by atoms with E-state index < -0.39 is 0 Å². The number of likely N-dealkylation sites (N-methyl/N-ethyl adjacent to an activating group) is 1. The fourth-order valence-electron chi connectivity index (χ4n) is 4.09. The van der Waals surface area contributed by atoms with E-state index in [2.05, 4.69) is 24.1 Å². The molecule has 0 bridgehead atoms. The second-order valence-electron chi connectivity index (χ2n) is 7.79. The third kappa shape index (κ3) is 4.40. The lowest BCUT2D eigenvalue weighted by Gasteiger charge is -2.40. The lowest BCUT2D eigenvalue weighted by molar-refractivity contribution is -0.130. The predicted octanol–water partition coefficient (Wildman–Crippen LogP) is 3.34. The monoisotopic (exact) mass is 389 g/mol. The fraction of sp³-hybridized carbons (Fsp3) is 0.333. The molecule has 2 fully saturated rings. The average molecular weight is 389 g/mol. The Labute approximate surface area is 172 Å². The van der Waals surface area contributed by atoms with Gasteiger partial charge in [0.05, 0.1) is 6.04 Å². The van der Waals surface area contributed by atoms with Crippen LogP contribution >= 0.6 is 0 Å². The van der Waals surface area contributed by atoms with Crippen LogP contribution in [-0.2, 0) is 9.59 Å². The number of piperazine rings is 1. The van der Waals surface area contributed by atoms with Crippen LogP contribution in [0.2, 0.25) is 0 Å². The second kappa shape index (κ2) is 8.62. The van der Waals surface area contributed by atoms with Crippen LogP contribution in [0, 0.1) is 0 Å². The minimum atomic E-state index is 0.0331. The molecule has 150 valence electrons. The first-order chi connectivity index (χ1) is 14.1. The van der Waals surface area contributed by atoms with Crippen LogP contribution in [0.4, 0.5) is 5.69 Å². The van der Waals surface area contributed by atoms with Crippen molar-refractivity contribution in [3.8, 4) is 0 Å². The Morgan fingerprint density at radius 2 is 1.76 bits per heavy atom. The molecule has 1 atom stereocenters. The third-order valence-corrected chi connectivity index (χ3v) is 5.75. The number of amides is 2. The maximum absolute atomic E-state index is 12.9. The van der Waals surface area contributed by atoms with Gasteiger partial charge in [-0.2, -0.15) is 0 Å². The largest absolute Gasteiger partial charge is 0.330 e. The zero-order valence-corrected chi connectivity index (χ0v) is 16.8. The van der Waals surface area contributed by atoms with Gasteiger partial charge in [-0.05, 0) is 42.8 Å². The average Bonchev–Trinajstić information content (AvgIpc) is 3.19. The van der Waals surface area contributed by atoms with E-state index in [0.29, 0.717) is 6.42 Å². The first-order valence-electron chi connectivity index (χ1n) is 10.2. The van der Waals surface area contributed by atoms with Gasteiger partial charge in [0.25, 0.3) is 0 Å². The number of rotatable bonds is 4. The minimum absolute atomic E-state index is 0.0331. The highest BCUT2D eigenvalue weighted by molar-refractivity contribution is 5.95. The van der Waals surface area contributed by atoms with Crippen LogP contribution in [-0.4, -0.2) is 54.8 Å². The summed E-state index contributed by atoms with van der Waals surface area (Å²) in [5.41, 5.74) is 3.05. The zero-order valence-electron chi connectivity index (χ0n) is 16.8. The van der Waals surface area contributed by atoms with Crippen LogP contribution in [0.3, 0.4) is 0 Å². The number of anilines is 1. The van der Waals surface area contributed by atoms with Crippen molar-refractivity contribution in [2.75, 3.05) is 38.1 Å². The van der Waals surface area contributed by atoms with Crippen molar-refractivity contribution in [3.05, 3.63) is 71.8 Å². The van der Waals surface area contributed by atoms with Gasteiger partial charge in [0.1, 0.15) is 0 Å². The second-order valence-corrected chi connectivity index (χ2v) is 7.79. The Bertz CT molecular complexity index is 892. The molecule has 2 aromatic carbocycles.